The highest BCUT2D eigenvalue weighted by molar-refractivity contribution is 7.89. The van der Waals surface area contributed by atoms with Crippen LogP contribution in [0.1, 0.15) is 36.5 Å². The molecule has 31 heavy (non-hydrogen) atoms. The molecule has 0 spiro atoms. The van der Waals surface area contributed by atoms with Crippen LogP contribution in [0, 0.1) is 5.82 Å². The number of hydrogen-bond acceptors (Lipinski definition) is 5. The first-order valence-corrected chi connectivity index (χ1v) is 12.3. The molecule has 1 saturated heterocycles. The predicted molar refractivity (Wildman–Crippen MR) is 119 cm³/mol. The summed E-state index contributed by atoms with van der Waals surface area (Å²) in [5, 5.41) is 4.90. The summed E-state index contributed by atoms with van der Waals surface area (Å²) in [5.41, 5.74) is 1.72. The van der Waals surface area contributed by atoms with Crippen molar-refractivity contribution in [2.24, 2.45) is 0 Å². The van der Waals surface area contributed by atoms with Gasteiger partial charge in [0.15, 0.2) is 5.13 Å². The third-order valence-corrected chi connectivity index (χ3v) is 8.12. The summed E-state index contributed by atoms with van der Waals surface area (Å²) in [6, 6.07) is 11.9. The number of hydrogen-bond donors (Lipinski definition) is 1. The largest absolute Gasteiger partial charge is 0.298 e. The molecule has 3 aromatic rings. The van der Waals surface area contributed by atoms with E-state index < -0.39 is 10.0 Å². The van der Waals surface area contributed by atoms with E-state index in [0.29, 0.717) is 22.9 Å². The number of nitrogens with one attached hydrogen (secondary N) is 1. The maximum Gasteiger partial charge on any atom is 0.257 e. The number of benzene rings is 2. The van der Waals surface area contributed by atoms with Crippen molar-refractivity contribution in [2.75, 3.05) is 11.9 Å². The van der Waals surface area contributed by atoms with Gasteiger partial charge in [0.25, 0.3) is 5.91 Å². The van der Waals surface area contributed by atoms with Gasteiger partial charge in [-0.25, -0.2) is 17.8 Å². The van der Waals surface area contributed by atoms with Crippen molar-refractivity contribution in [2.45, 2.75) is 37.1 Å². The van der Waals surface area contributed by atoms with Gasteiger partial charge in [0.1, 0.15) is 5.82 Å². The van der Waals surface area contributed by atoms with Crippen LogP contribution < -0.4 is 5.32 Å². The van der Waals surface area contributed by atoms with E-state index in [1.54, 1.807) is 17.5 Å². The number of halogens is 1. The average Bonchev–Trinajstić information content (AvgIpc) is 3.23. The lowest BCUT2D eigenvalue weighted by atomic mass is 10.1. The van der Waals surface area contributed by atoms with Gasteiger partial charge in [0, 0.05) is 29.1 Å². The van der Waals surface area contributed by atoms with E-state index in [-0.39, 0.29) is 22.7 Å². The topological polar surface area (TPSA) is 79.4 Å². The number of piperidine rings is 1. The molecule has 1 N–H and O–H groups in total. The molecule has 1 fully saturated rings. The van der Waals surface area contributed by atoms with E-state index in [9.17, 15) is 17.6 Å². The molecule has 2 heterocycles. The summed E-state index contributed by atoms with van der Waals surface area (Å²) in [6.45, 7) is 2.44. The molecular weight excluding hydrogens is 437 g/mol. The molecule has 0 aliphatic carbocycles. The molecule has 1 atom stereocenters. The van der Waals surface area contributed by atoms with Crippen LogP contribution >= 0.6 is 11.3 Å². The average molecular weight is 460 g/mol. The minimum Gasteiger partial charge on any atom is -0.298 e. The van der Waals surface area contributed by atoms with E-state index in [2.05, 4.69) is 10.3 Å². The van der Waals surface area contributed by atoms with Crippen molar-refractivity contribution >= 4 is 32.4 Å². The van der Waals surface area contributed by atoms with Crippen LogP contribution in [0.2, 0.25) is 0 Å². The van der Waals surface area contributed by atoms with Gasteiger partial charge in [0.2, 0.25) is 10.0 Å². The molecule has 0 bridgehead atoms. The zero-order valence-electron chi connectivity index (χ0n) is 16.9. The Balaban J connectivity index is 1.46. The van der Waals surface area contributed by atoms with Crippen LogP contribution in [-0.2, 0) is 10.0 Å². The van der Waals surface area contributed by atoms with E-state index in [1.165, 1.54) is 52.0 Å². The molecule has 162 valence electrons. The van der Waals surface area contributed by atoms with Crippen molar-refractivity contribution in [3.63, 3.8) is 0 Å². The highest BCUT2D eigenvalue weighted by Crippen LogP contribution is 2.27. The minimum absolute atomic E-state index is 0.0260. The van der Waals surface area contributed by atoms with Crippen LogP contribution in [-0.4, -0.2) is 36.2 Å². The molecule has 1 aliphatic heterocycles. The lowest BCUT2D eigenvalue weighted by molar-refractivity contribution is 0.102. The van der Waals surface area contributed by atoms with Crippen LogP contribution in [0.15, 0.2) is 58.8 Å². The smallest absolute Gasteiger partial charge is 0.257 e. The molecule has 1 amide bonds. The number of aromatic nitrogens is 1. The maximum atomic E-state index is 13.1. The van der Waals surface area contributed by atoms with Gasteiger partial charge in [-0.05, 0) is 68.3 Å². The Labute approximate surface area is 184 Å². The lowest BCUT2D eigenvalue weighted by Crippen LogP contribution is -2.41. The van der Waals surface area contributed by atoms with Gasteiger partial charge in [-0.2, -0.15) is 4.31 Å². The summed E-state index contributed by atoms with van der Waals surface area (Å²) in [7, 11) is -3.58. The first kappa shape index (κ1) is 21.6. The van der Waals surface area contributed by atoms with Gasteiger partial charge in [-0.15, -0.1) is 11.3 Å². The zero-order valence-corrected chi connectivity index (χ0v) is 18.5. The first-order chi connectivity index (χ1) is 14.8. The number of amides is 1. The van der Waals surface area contributed by atoms with Crippen LogP contribution in [0.25, 0.3) is 11.3 Å². The fraction of sp³-hybridized carbons (Fsp3) is 0.273. The number of carbonyl (C=O) groups is 1. The summed E-state index contributed by atoms with van der Waals surface area (Å²) in [5.74, 6) is -0.706. The van der Waals surface area contributed by atoms with Crippen LogP contribution in [0.4, 0.5) is 9.52 Å². The predicted octanol–water partition coefficient (Wildman–Crippen LogP) is 4.76. The Hall–Kier alpha value is -2.62. The first-order valence-electron chi connectivity index (χ1n) is 9.99. The molecule has 4 rings (SSSR count). The monoisotopic (exact) mass is 459 g/mol. The van der Waals surface area contributed by atoms with Crippen molar-refractivity contribution < 1.29 is 17.6 Å². The van der Waals surface area contributed by atoms with Crippen LogP contribution in [0.3, 0.4) is 0 Å². The Morgan fingerprint density at radius 2 is 1.84 bits per heavy atom. The molecule has 6 nitrogen and oxygen atoms in total. The molecule has 9 heteroatoms. The van der Waals surface area contributed by atoms with Crippen molar-refractivity contribution in [1.29, 1.82) is 0 Å². The second-order valence-corrected chi connectivity index (χ2v) is 10.2. The third-order valence-electron chi connectivity index (χ3n) is 5.33. The number of nitrogens with zero attached hydrogens (tertiary/aromatic N) is 2. The SMILES string of the molecule is C[C@H]1CCCCN1S(=O)(=O)c1ccc(C(=O)Nc2nc(-c3ccc(F)cc3)cs2)cc1. The molecule has 1 aromatic heterocycles. The molecule has 0 unspecified atom stereocenters. The number of carbonyl (C=O) groups excluding carboxylic acids is 1. The standard InChI is InChI=1S/C22H22FN3O3S2/c1-15-4-2-3-13-26(15)31(28,29)19-11-7-17(8-12-19)21(27)25-22-24-20(14-30-22)16-5-9-18(23)10-6-16/h5-12,14-15H,2-4,13H2,1H3,(H,24,25,27)/t15-/m0/s1. The minimum atomic E-state index is -3.58. The van der Waals surface area contributed by atoms with Gasteiger partial charge in [-0.3, -0.25) is 10.1 Å². The Morgan fingerprint density at radius 1 is 1.13 bits per heavy atom. The Morgan fingerprint density at radius 3 is 2.52 bits per heavy atom. The Bertz CT molecular complexity index is 1180. The van der Waals surface area contributed by atoms with E-state index in [0.717, 1.165) is 24.8 Å². The summed E-state index contributed by atoms with van der Waals surface area (Å²) < 4.78 is 40.5. The third kappa shape index (κ3) is 4.68. The molecule has 0 radical (unpaired) electrons. The number of rotatable bonds is 5. The van der Waals surface area contributed by atoms with Crippen molar-refractivity contribution in [3.05, 3.63) is 65.3 Å². The maximum absolute atomic E-state index is 13.1. The van der Waals surface area contributed by atoms with Crippen LogP contribution in [0.5, 0.6) is 0 Å². The van der Waals surface area contributed by atoms with E-state index in [1.807, 2.05) is 6.92 Å². The molecular formula is C22H22FN3O3S2. The summed E-state index contributed by atoms with van der Waals surface area (Å²) in [4.78, 5) is 17.1. The lowest BCUT2D eigenvalue weighted by Gasteiger charge is -2.32. The molecule has 0 saturated carbocycles. The van der Waals surface area contributed by atoms with Gasteiger partial charge in [0.05, 0.1) is 10.6 Å². The van der Waals surface area contributed by atoms with Gasteiger partial charge >= 0.3 is 0 Å². The Kier molecular flexibility index (Phi) is 6.17. The van der Waals surface area contributed by atoms with Gasteiger partial charge in [-0.1, -0.05) is 6.42 Å². The zero-order chi connectivity index (χ0) is 22.0. The highest BCUT2D eigenvalue weighted by atomic mass is 32.2. The summed E-state index contributed by atoms with van der Waals surface area (Å²) in [6.07, 6.45) is 2.75. The second-order valence-electron chi connectivity index (χ2n) is 7.48. The normalized spacial score (nSPS) is 17.4. The summed E-state index contributed by atoms with van der Waals surface area (Å²) >= 11 is 1.26. The quantitative estimate of drug-likeness (QED) is 0.596. The van der Waals surface area contributed by atoms with E-state index in [4.69, 9.17) is 0 Å². The van der Waals surface area contributed by atoms with Gasteiger partial charge < -0.3 is 0 Å². The van der Waals surface area contributed by atoms with E-state index >= 15 is 0 Å². The fourth-order valence-electron chi connectivity index (χ4n) is 3.60. The highest BCUT2D eigenvalue weighted by Gasteiger charge is 2.30. The van der Waals surface area contributed by atoms with Crippen molar-refractivity contribution in [1.82, 2.24) is 9.29 Å². The second kappa shape index (κ2) is 8.86. The number of anilines is 1. The molecule has 2 aromatic carbocycles. The fourth-order valence-corrected chi connectivity index (χ4v) is 6.01. The van der Waals surface area contributed by atoms with Crippen molar-refractivity contribution in [3.8, 4) is 11.3 Å². The number of thiazole rings is 1. The number of sulfonamides is 1. The molecule has 1 aliphatic rings.